The third-order valence-corrected chi connectivity index (χ3v) is 7.45. The lowest BCUT2D eigenvalue weighted by atomic mass is 10.0. The SMILES string of the molecule is C1SSSS1.CC(C)(C)C. The van der Waals surface area contributed by atoms with Gasteiger partial charge in [-0.25, -0.2) is 0 Å². The Bertz CT molecular complexity index is 58.7. The van der Waals surface area contributed by atoms with Crippen molar-refractivity contribution in [1.82, 2.24) is 0 Å². The zero-order chi connectivity index (χ0) is 8.04. The fourth-order valence-electron chi connectivity index (χ4n) is 0.0982. The van der Waals surface area contributed by atoms with Crippen molar-refractivity contribution < 1.29 is 0 Å². The quantitative estimate of drug-likeness (QED) is 0.536. The van der Waals surface area contributed by atoms with E-state index in [4.69, 9.17) is 0 Å². The predicted molar refractivity (Wildman–Crippen MR) is 60.4 cm³/mol. The second-order valence-corrected chi connectivity index (χ2v) is 9.86. The van der Waals surface area contributed by atoms with E-state index >= 15 is 0 Å². The highest BCUT2D eigenvalue weighted by atomic mass is 33.7. The molecule has 1 saturated heterocycles. The normalized spacial score (nSPS) is 18.0. The van der Waals surface area contributed by atoms with Gasteiger partial charge in [-0.1, -0.05) is 49.3 Å². The Morgan fingerprint density at radius 1 is 0.900 bits per heavy atom. The van der Waals surface area contributed by atoms with E-state index in [1.54, 1.807) is 0 Å². The van der Waals surface area contributed by atoms with Gasteiger partial charge in [-0.2, -0.15) is 0 Å². The summed E-state index contributed by atoms with van der Waals surface area (Å²) in [5.41, 5.74) is 0.500. The molecule has 62 valence electrons. The van der Waals surface area contributed by atoms with Gasteiger partial charge in [-0.05, 0) is 25.1 Å². The fraction of sp³-hybridized carbons (Fsp3) is 1.00. The number of hydrogen-bond acceptors (Lipinski definition) is 4. The summed E-state index contributed by atoms with van der Waals surface area (Å²) in [4.78, 5) is 0. The van der Waals surface area contributed by atoms with Gasteiger partial charge in [0.1, 0.15) is 0 Å². The van der Waals surface area contributed by atoms with Crippen LogP contribution in [-0.4, -0.2) is 5.08 Å². The van der Waals surface area contributed by atoms with Gasteiger partial charge < -0.3 is 0 Å². The van der Waals surface area contributed by atoms with Crippen LogP contribution in [0.4, 0.5) is 0 Å². The molecule has 1 fully saturated rings. The Balaban J connectivity index is 0.000000162. The predicted octanol–water partition coefficient (Wildman–Crippen LogP) is 4.69. The largest absolute Gasteiger partial charge is 0.0698 e. The zero-order valence-electron chi connectivity index (χ0n) is 6.84. The molecule has 0 spiro atoms. The van der Waals surface area contributed by atoms with Crippen LogP contribution in [0.3, 0.4) is 0 Å². The van der Waals surface area contributed by atoms with Gasteiger partial charge in [0.15, 0.2) is 0 Å². The van der Waals surface area contributed by atoms with Gasteiger partial charge in [0.25, 0.3) is 0 Å². The molecule has 0 saturated carbocycles. The molecule has 1 rings (SSSR count). The van der Waals surface area contributed by atoms with Crippen molar-refractivity contribution in [2.45, 2.75) is 27.7 Å². The summed E-state index contributed by atoms with van der Waals surface area (Å²) < 4.78 is 0. The molecule has 1 heterocycles. The van der Waals surface area contributed by atoms with Crippen LogP contribution in [-0.2, 0) is 0 Å². The zero-order valence-corrected chi connectivity index (χ0v) is 10.1. The summed E-state index contributed by atoms with van der Waals surface area (Å²) in [6.45, 7) is 8.75. The third kappa shape index (κ3) is 16.2. The van der Waals surface area contributed by atoms with E-state index < -0.39 is 0 Å². The van der Waals surface area contributed by atoms with E-state index in [-0.39, 0.29) is 0 Å². The second-order valence-electron chi connectivity index (χ2n) is 3.49. The van der Waals surface area contributed by atoms with Crippen LogP contribution in [0.25, 0.3) is 0 Å². The number of rotatable bonds is 0. The monoisotopic (exact) mass is 214 g/mol. The maximum atomic E-state index is 2.19. The van der Waals surface area contributed by atoms with E-state index in [9.17, 15) is 0 Å². The van der Waals surface area contributed by atoms with Crippen molar-refractivity contribution in [2.24, 2.45) is 5.41 Å². The lowest BCUT2D eigenvalue weighted by Crippen LogP contribution is -1.93. The maximum Gasteiger partial charge on any atom is 0.0616 e. The molecule has 0 atom stereocenters. The molecule has 0 unspecified atom stereocenters. The minimum Gasteiger partial charge on any atom is -0.0698 e. The van der Waals surface area contributed by atoms with E-state index in [0.29, 0.717) is 5.41 Å². The van der Waals surface area contributed by atoms with Crippen LogP contribution >= 0.6 is 41.2 Å². The molecule has 10 heavy (non-hydrogen) atoms. The Hall–Kier alpha value is 1.40. The van der Waals surface area contributed by atoms with Crippen molar-refractivity contribution in [2.75, 3.05) is 5.08 Å². The molecular formula is C6H14S4. The van der Waals surface area contributed by atoms with E-state index in [1.165, 1.54) is 5.08 Å². The highest BCUT2D eigenvalue weighted by Crippen LogP contribution is 2.53. The van der Waals surface area contributed by atoms with Gasteiger partial charge in [-0.15, -0.1) is 0 Å². The molecule has 0 bridgehead atoms. The molecule has 0 N–H and O–H groups in total. The van der Waals surface area contributed by atoms with Gasteiger partial charge in [0.2, 0.25) is 0 Å². The first-order valence-electron chi connectivity index (χ1n) is 3.08. The van der Waals surface area contributed by atoms with Crippen LogP contribution in [0.2, 0.25) is 0 Å². The molecule has 1 aliphatic heterocycles. The Kier molecular flexibility index (Phi) is 6.81. The lowest BCUT2D eigenvalue weighted by molar-refractivity contribution is 0.469. The summed E-state index contributed by atoms with van der Waals surface area (Å²) in [5.74, 6) is 0. The highest BCUT2D eigenvalue weighted by molar-refractivity contribution is 9.30. The first kappa shape index (κ1) is 11.4. The van der Waals surface area contributed by atoms with Crippen LogP contribution in [0.5, 0.6) is 0 Å². The van der Waals surface area contributed by atoms with E-state index in [0.717, 1.165) is 0 Å². The Morgan fingerprint density at radius 2 is 1.20 bits per heavy atom. The van der Waals surface area contributed by atoms with Crippen molar-refractivity contribution in [3.63, 3.8) is 0 Å². The van der Waals surface area contributed by atoms with Gasteiger partial charge in [0.05, 0.1) is 5.08 Å². The standard InChI is InChI=1S/C5H12.CH2S4/c1-5(2,3)4;1-2-4-5-3-1/h1-4H3;1H2. The summed E-state index contributed by atoms with van der Waals surface area (Å²) >= 11 is 0. The van der Waals surface area contributed by atoms with Crippen molar-refractivity contribution >= 4 is 41.2 Å². The lowest BCUT2D eigenvalue weighted by Gasteiger charge is -2.05. The van der Waals surface area contributed by atoms with Crippen LogP contribution in [0, 0.1) is 5.41 Å². The van der Waals surface area contributed by atoms with E-state index in [2.05, 4.69) is 27.7 Å². The molecule has 0 aliphatic carbocycles. The molecule has 1 aliphatic rings. The molecular weight excluding hydrogens is 200 g/mol. The van der Waals surface area contributed by atoms with Crippen LogP contribution < -0.4 is 0 Å². The highest BCUT2D eigenvalue weighted by Gasteiger charge is 1.98. The topological polar surface area (TPSA) is 0 Å². The Labute approximate surface area is 79.3 Å². The van der Waals surface area contributed by atoms with Gasteiger partial charge in [0, 0.05) is 0 Å². The number of hydrogen-bond donors (Lipinski definition) is 0. The van der Waals surface area contributed by atoms with Gasteiger partial charge in [-0.3, -0.25) is 0 Å². The van der Waals surface area contributed by atoms with Crippen LogP contribution in [0.1, 0.15) is 27.7 Å². The van der Waals surface area contributed by atoms with Crippen molar-refractivity contribution in [3.8, 4) is 0 Å². The summed E-state index contributed by atoms with van der Waals surface area (Å²) in [6, 6.07) is 0. The fourth-order valence-corrected chi connectivity index (χ4v) is 7.95. The Morgan fingerprint density at radius 3 is 1.30 bits per heavy atom. The van der Waals surface area contributed by atoms with Gasteiger partial charge >= 0.3 is 0 Å². The maximum absolute atomic E-state index is 2.19. The van der Waals surface area contributed by atoms with Crippen molar-refractivity contribution in [1.29, 1.82) is 0 Å². The summed E-state index contributed by atoms with van der Waals surface area (Å²) in [6.07, 6.45) is 0. The smallest absolute Gasteiger partial charge is 0.0616 e. The minimum atomic E-state index is 0.500. The van der Waals surface area contributed by atoms with Crippen molar-refractivity contribution in [3.05, 3.63) is 0 Å². The molecule has 0 nitrogen and oxygen atoms in total. The molecule has 0 aromatic carbocycles. The summed E-state index contributed by atoms with van der Waals surface area (Å²) in [7, 11) is 7.57. The third-order valence-electron chi connectivity index (χ3n) is 0.220. The second kappa shape index (κ2) is 5.98. The van der Waals surface area contributed by atoms with E-state index in [1.807, 2.05) is 41.2 Å². The average molecular weight is 214 g/mol. The minimum absolute atomic E-state index is 0.500. The summed E-state index contributed by atoms with van der Waals surface area (Å²) in [5, 5.41) is 1.26. The average Bonchev–Trinajstić information content (AvgIpc) is 2.07. The first-order chi connectivity index (χ1) is 4.50. The first-order valence-corrected chi connectivity index (χ1v) is 8.23. The van der Waals surface area contributed by atoms with Crippen LogP contribution in [0.15, 0.2) is 0 Å². The molecule has 4 heteroatoms. The molecule has 0 radical (unpaired) electrons. The molecule has 0 amide bonds. The molecule has 0 aromatic rings. The molecule has 0 aromatic heterocycles.